The van der Waals surface area contributed by atoms with E-state index in [4.69, 9.17) is 16.0 Å². The van der Waals surface area contributed by atoms with Crippen molar-refractivity contribution < 1.29 is 9.21 Å². The molecule has 3 aromatic rings. The zero-order valence-electron chi connectivity index (χ0n) is 14.6. The maximum Gasteiger partial charge on any atom is 0.256 e. The molecule has 0 bridgehead atoms. The zero-order valence-corrected chi connectivity index (χ0v) is 15.3. The maximum absolute atomic E-state index is 13.1. The van der Waals surface area contributed by atoms with Crippen molar-refractivity contribution in [3.63, 3.8) is 0 Å². The van der Waals surface area contributed by atoms with Crippen LogP contribution in [0.3, 0.4) is 0 Å². The summed E-state index contributed by atoms with van der Waals surface area (Å²) in [5.74, 6) is 0.616. The lowest BCUT2D eigenvalue weighted by Crippen LogP contribution is -2.32. The molecule has 0 N–H and O–H groups in total. The molecule has 0 saturated heterocycles. The first-order valence-corrected chi connectivity index (χ1v) is 8.79. The van der Waals surface area contributed by atoms with Crippen molar-refractivity contribution in [2.75, 3.05) is 6.54 Å². The predicted octanol–water partition coefficient (Wildman–Crippen LogP) is 5.68. The number of hydrogen-bond acceptors (Lipinski definition) is 2. The second kappa shape index (κ2) is 8.54. The van der Waals surface area contributed by atoms with E-state index in [1.54, 1.807) is 23.3 Å². The molecule has 0 radical (unpaired) electrons. The highest BCUT2D eigenvalue weighted by Gasteiger charge is 2.19. The highest BCUT2D eigenvalue weighted by Crippen LogP contribution is 2.20. The molecule has 0 unspecified atom stereocenters. The number of hydrogen-bond donors (Lipinski definition) is 0. The summed E-state index contributed by atoms with van der Waals surface area (Å²) < 4.78 is 5.43. The van der Waals surface area contributed by atoms with Crippen molar-refractivity contribution >= 4 is 23.6 Å². The molecule has 1 amide bonds. The Morgan fingerprint density at radius 2 is 1.77 bits per heavy atom. The lowest BCUT2D eigenvalue weighted by atomic mass is 10.1. The van der Waals surface area contributed by atoms with Gasteiger partial charge >= 0.3 is 0 Å². The Bertz CT molecular complexity index is 886. The Labute approximate surface area is 158 Å². The van der Waals surface area contributed by atoms with Crippen molar-refractivity contribution in [1.82, 2.24) is 4.90 Å². The molecular formula is C22H20ClNO2. The van der Waals surface area contributed by atoms with E-state index in [1.165, 1.54) is 0 Å². The number of amides is 1. The molecule has 132 valence electrons. The van der Waals surface area contributed by atoms with Crippen LogP contribution in [0, 0.1) is 0 Å². The lowest BCUT2D eigenvalue weighted by molar-refractivity contribution is 0.0748. The molecule has 0 atom stereocenters. The fourth-order valence-electron chi connectivity index (χ4n) is 2.78. The molecule has 0 spiro atoms. The topological polar surface area (TPSA) is 33.5 Å². The van der Waals surface area contributed by atoms with Gasteiger partial charge < -0.3 is 9.32 Å². The molecule has 0 aliphatic carbocycles. The van der Waals surface area contributed by atoms with E-state index in [0.29, 0.717) is 23.7 Å². The summed E-state index contributed by atoms with van der Waals surface area (Å²) in [7, 11) is 0. The summed E-state index contributed by atoms with van der Waals surface area (Å²) in [5.41, 5.74) is 2.67. The van der Waals surface area contributed by atoms with Gasteiger partial charge in [0.25, 0.3) is 5.91 Å². The number of benzene rings is 2. The van der Waals surface area contributed by atoms with E-state index in [0.717, 1.165) is 16.9 Å². The van der Waals surface area contributed by atoms with Gasteiger partial charge in [-0.25, -0.2) is 0 Å². The monoisotopic (exact) mass is 365 g/mol. The van der Waals surface area contributed by atoms with Gasteiger partial charge in [0.1, 0.15) is 5.76 Å². The van der Waals surface area contributed by atoms with Crippen LogP contribution in [0.4, 0.5) is 0 Å². The molecule has 3 nitrogen and oxygen atoms in total. The number of carbonyl (C=O) groups excluding carboxylic acids is 1. The molecule has 1 heterocycles. The molecule has 3 rings (SSSR count). The van der Waals surface area contributed by atoms with E-state index in [2.05, 4.69) is 6.08 Å². The Morgan fingerprint density at radius 1 is 1.04 bits per heavy atom. The quantitative estimate of drug-likeness (QED) is 0.563. The van der Waals surface area contributed by atoms with Crippen molar-refractivity contribution in [1.29, 1.82) is 0 Å². The fourth-order valence-corrected chi connectivity index (χ4v) is 2.99. The van der Waals surface area contributed by atoms with Crippen LogP contribution < -0.4 is 0 Å². The highest BCUT2D eigenvalue weighted by molar-refractivity contribution is 6.33. The standard InChI is InChI=1S/C22H20ClNO2/c1-17(14-18-8-3-2-4-9-18)15-24(16-19-10-7-13-26-19)22(25)20-11-5-6-12-21(20)23/h2-14H,15-16H2,1H3/b17-14+. The van der Waals surface area contributed by atoms with E-state index >= 15 is 0 Å². The molecule has 0 aliphatic heterocycles. The highest BCUT2D eigenvalue weighted by atomic mass is 35.5. The van der Waals surface area contributed by atoms with Gasteiger partial charge in [-0.2, -0.15) is 0 Å². The fraction of sp³-hybridized carbons (Fsp3) is 0.136. The van der Waals surface area contributed by atoms with Gasteiger partial charge in [-0.3, -0.25) is 4.79 Å². The van der Waals surface area contributed by atoms with Gasteiger partial charge in [0.05, 0.1) is 23.4 Å². The van der Waals surface area contributed by atoms with Gasteiger partial charge in [-0.05, 0) is 36.8 Å². The molecule has 0 aliphatic rings. The lowest BCUT2D eigenvalue weighted by Gasteiger charge is -2.23. The van der Waals surface area contributed by atoms with Gasteiger partial charge in [-0.15, -0.1) is 0 Å². The first kappa shape index (κ1) is 18.0. The largest absolute Gasteiger partial charge is 0.467 e. The Balaban J connectivity index is 1.85. The summed E-state index contributed by atoms with van der Waals surface area (Å²) in [4.78, 5) is 14.8. The number of halogens is 1. The predicted molar refractivity (Wildman–Crippen MR) is 105 cm³/mol. The van der Waals surface area contributed by atoms with Crippen molar-refractivity contribution in [2.45, 2.75) is 13.5 Å². The van der Waals surface area contributed by atoms with Crippen LogP contribution in [0.1, 0.15) is 28.6 Å². The second-order valence-electron chi connectivity index (χ2n) is 6.12. The van der Waals surface area contributed by atoms with Gasteiger partial charge in [0.15, 0.2) is 0 Å². The maximum atomic E-state index is 13.1. The molecular weight excluding hydrogens is 346 g/mol. The van der Waals surface area contributed by atoms with E-state index in [1.807, 2.05) is 61.5 Å². The van der Waals surface area contributed by atoms with Crippen LogP contribution in [0.5, 0.6) is 0 Å². The molecule has 0 saturated carbocycles. The van der Waals surface area contributed by atoms with Gasteiger partial charge in [0, 0.05) is 6.54 Å². The van der Waals surface area contributed by atoms with Gasteiger partial charge in [-0.1, -0.05) is 65.7 Å². The van der Waals surface area contributed by atoms with Crippen LogP contribution in [-0.2, 0) is 6.54 Å². The van der Waals surface area contributed by atoms with Crippen molar-refractivity contribution in [3.8, 4) is 0 Å². The number of furan rings is 1. The molecule has 1 aromatic heterocycles. The average molecular weight is 366 g/mol. The Morgan fingerprint density at radius 3 is 2.46 bits per heavy atom. The van der Waals surface area contributed by atoms with Gasteiger partial charge in [0.2, 0.25) is 0 Å². The third-order valence-electron chi connectivity index (χ3n) is 3.97. The molecule has 26 heavy (non-hydrogen) atoms. The molecule has 2 aromatic carbocycles. The first-order chi connectivity index (χ1) is 12.6. The van der Waals surface area contributed by atoms with Crippen LogP contribution in [0.2, 0.25) is 5.02 Å². The van der Waals surface area contributed by atoms with Crippen LogP contribution in [-0.4, -0.2) is 17.4 Å². The number of rotatable bonds is 6. The third-order valence-corrected chi connectivity index (χ3v) is 4.30. The number of nitrogens with zero attached hydrogens (tertiary/aromatic N) is 1. The van der Waals surface area contributed by atoms with Crippen LogP contribution in [0.25, 0.3) is 6.08 Å². The Hall–Kier alpha value is -2.78. The summed E-state index contributed by atoms with van der Waals surface area (Å²) in [6, 6.07) is 20.8. The zero-order chi connectivity index (χ0) is 18.4. The smallest absolute Gasteiger partial charge is 0.256 e. The number of carbonyl (C=O) groups is 1. The minimum Gasteiger partial charge on any atom is -0.467 e. The van der Waals surface area contributed by atoms with E-state index in [9.17, 15) is 4.79 Å². The van der Waals surface area contributed by atoms with Crippen molar-refractivity contribution in [2.24, 2.45) is 0 Å². The Kier molecular flexibility index (Phi) is 5.92. The molecule has 4 heteroatoms. The average Bonchev–Trinajstić information content (AvgIpc) is 3.15. The van der Waals surface area contributed by atoms with E-state index < -0.39 is 0 Å². The van der Waals surface area contributed by atoms with Crippen LogP contribution >= 0.6 is 11.6 Å². The SMILES string of the molecule is C/C(=C\c1ccccc1)CN(Cc1ccco1)C(=O)c1ccccc1Cl. The normalized spacial score (nSPS) is 11.4. The summed E-state index contributed by atoms with van der Waals surface area (Å²) in [5, 5.41) is 0.451. The van der Waals surface area contributed by atoms with E-state index in [-0.39, 0.29) is 5.91 Å². The first-order valence-electron chi connectivity index (χ1n) is 8.42. The molecule has 0 fully saturated rings. The minimum absolute atomic E-state index is 0.118. The summed E-state index contributed by atoms with van der Waals surface area (Å²) in [6.45, 7) is 2.89. The third kappa shape index (κ3) is 4.64. The van der Waals surface area contributed by atoms with Crippen LogP contribution in [0.15, 0.2) is 83.0 Å². The second-order valence-corrected chi connectivity index (χ2v) is 6.53. The summed E-state index contributed by atoms with van der Waals surface area (Å²) in [6.07, 6.45) is 3.69. The van der Waals surface area contributed by atoms with Crippen molar-refractivity contribution in [3.05, 3.63) is 100 Å². The summed E-state index contributed by atoms with van der Waals surface area (Å²) >= 11 is 6.23. The minimum atomic E-state index is -0.118.